The summed E-state index contributed by atoms with van der Waals surface area (Å²) in [7, 11) is 0. The number of halogens is 1. The van der Waals surface area contributed by atoms with Gasteiger partial charge < -0.3 is 19.9 Å². The van der Waals surface area contributed by atoms with Crippen LogP contribution in [0.1, 0.15) is 29.2 Å². The maximum atomic E-state index is 14.6. The average molecular weight is 371 g/mol. The normalized spacial score (nSPS) is 17.4. The molecule has 0 bridgehead atoms. The average Bonchev–Trinajstić information content (AvgIpc) is 3.40. The van der Waals surface area contributed by atoms with Crippen molar-refractivity contribution in [2.24, 2.45) is 0 Å². The molecule has 25 heavy (non-hydrogen) atoms. The predicted octanol–water partition coefficient (Wildman–Crippen LogP) is 0.935. The van der Waals surface area contributed by atoms with Crippen molar-refractivity contribution in [1.29, 1.82) is 0 Å². The van der Waals surface area contributed by atoms with Crippen molar-refractivity contribution in [3.05, 3.63) is 39.9 Å². The van der Waals surface area contributed by atoms with Crippen LogP contribution >= 0.6 is 0 Å². The summed E-state index contributed by atoms with van der Waals surface area (Å²) in [5.74, 6) is -1.76. The van der Waals surface area contributed by atoms with Gasteiger partial charge in [0.05, 0.1) is 11.2 Å². The number of carbonyl (C=O) groups is 1. The molecule has 2 N–H and O–H groups in total. The van der Waals surface area contributed by atoms with Crippen molar-refractivity contribution < 1.29 is 14.3 Å². The zero-order valence-corrected chi connectivity index (χ0v) is 13.1. The van der Waals surface area contributed by atoms with E-state index in [1.807, 2.05) is 9.47 Å². The third kappa shape index (κ3) is 3.56. The molecule has 128 valence electrons. The van der Waals surface area contributed by atoms with E-state index in [1.165, 1.54) is 12.3 Å². The number of hydrogen-bond donors (Lipinski definition) is 2. The van der Waals surface area contributed by atoms with Gasteiger partial charge in [-0.1, -0.05) is 0 Å². The molecule has 0 unspecified atom stereocenters. The molecule has 2 heterocycles. The van der Waals surface area contributed by atoms with Crippen LogP contribution in [0.2, 0.25) is 0 Å². The topological polar surface area (TPSA) is 74.6 Å². The van der Waals surface area contributed by atoms with E-state index < -0.39 is 17.2 Å². The zero-order valence-electron chi connectivity index (χ0n) is 13.1. The van der Waals surface area contributed by atoms with Crippen LogP contribution in [0, 0.1) is 5.82 Å². The first-order valence-corrected chi connectivity index (χ1v) is 8.13. The van der Waals surface area contributed by atoms with Gasteiger partial charge in [0.15, 0.2) is 0 Å². The third-order valence-electron chi connectivity index (χ3n) is 4.73. The van der Waals surface area contributed by atoms with Gasteiger partial charge in [0.1, 0.15) is 11.4 Å². The number of piperazine rings is 1. The number of hydrogen-bond acceptors (Lipinski definition) is 4. The van der Waals surface area contributed by atoms with Crippen LogP contribution in [0.5, 0.6) is 0 Å². The van der Waals surface area contributed by atoms with Gasteiger partial charge in [-0.05, 0) is 25.0 Å². The zero-order chi connectivity index (χ0) is 16.8. The van der Waals surface area contributed by atoms with Crippen LogP contribution in [0.3, 0.4) is 0 Å². The van der Waals surface area contributed by atoms with Crippen LogP contribution in [0.25, 0.3) is 10.9 Å². The Morgan fingerprint density at radius 3 is 2.52 bits per heavy atom. The Kier molecular flexibility index (Phi) is 5.67. The van der Waals surface area contributed by atoms with Gasteiger partial charge in [-0.25, -0.2) is 9.18 Å². The molecule has 6 nitrogen and oxygen atoms in total. The Balaban J connectivity index is 0.00000182. The van der Waals surface area contributed by atoms with Gasteiger partial charge >= 0.3 is 57.4 Å². The first-order valence-electron chi connectivity index (χ1n) is 8.13. The molecule has 1 aromatic heterocycles. The Labute approximate surface area is 186 Å². The summed E-state index contributed by atoms with van der Waals surface area (Å²) in [6.45, 7) is 2.96. The van der Waals surface area contributed by atoms with Crippen molar-refractivity contribution in [2.75, 3.05) is 31.1 Å². The first-order chi connectivity index (χ1) is 11.6. The van der Waals surface area contributed by atoms with E-state index in [2.05, 4.69) is 5.32 Å². The molecular formula is C17H19FKN3O3. The second-order valence-electron chi connectivity index (χ2n) is 6.37. The van der Waals surface area contributed by atoms with Gasteiger partial charge in [0.25, 0.3) is 0 Å². The second kappa shape index (κ2) is 7.46. The monoisotopic (exact) mass is 371 g/mol. The molecule has 1 saturated heterocycles. The molecule has 8 heteroatoms. The first kappa shape index (κ1) is 19.0. The minimum absolute atomic E-state index is 0. The molecular weight excluding hydrogens is 352 g/mol. The predicted molar refractivity (Wildman–Crippen MR) is 95.6 cm³/mol. The van der Waals surface area contributed by atoms with Gasteiger partial charge in [-0.3, -0.25) is 4.79 Å². The van der Waals surface area contributed by atoms with Gasteiger partial charge in [0, 0.05) is 43.8 Å². The SMILES string of the molecule is O=C(O)c1cn(C2CC2)c2cc(N3CCNCC3)c(F)cc2c1=O.[KH]. The van der Waals surface area contributed by atoms with E-state index in [-0.39, 0.29) is 68.4 Å². The number of nitrogens with one attached hydrogen (secondary N) is 1. The maximum absolute atomic E-state index is 14.6. The Morgan fingerprint density at radius 2 is 1.92 bits per heavy atom. The molecule has 1 aromatic carbocycles. The van der Waals surface area contributed by atoms with Crippen molar-refractivity contribution in [2.45, 2.75) is 18.9 Å². The van der Waals surface area contributed by atoms with E-state index in [0.29, 0.717) is 24.3 Å². The van der Waals surface area contributed by atoms with Crippen molar-refractivity contribution in [3.63, 3.8) is 0 Å². The summed E-state index contributed by atoms with van der Waals surface area (Å²) in [4.78, 5) is 25.7. The fraction of sp³-hybridized carbons (Fsp3) is 0.412. The summed E-state index contributed by atoms with van der Waals surface area (Å²) in [5, 5.41) is 12.6. The number of anilines is 1. The molecule has 1 aliphatic heterocycles. The molecule has 1 saturated carbocycles. The molecule has 4 rings (SSSR count). The second-order valence-corrected chi connectivity index (χ2v) is 6.37. The van der Waals surface area contributed by atoms with Crippen LogP contribution in [0.4, 0.5) is 10.1 Å². The number of carboxylic acid groups (broad SMARTS) is 1. The number of carboxylic acids is 1. The summed E-state index contributed by atoms with van der Waals surface area (Å²) >= 11 is 0. The molecule has 2 aliphatic rings. The van der Waals surface area contributed by atoms with Crippen LogP contribution < -0.4 is 15.6 Å². The van der Waals surface area contributed by atoms with Gasteiger partial charge in [0.2, 0.25) is 5.43 Å². The molecule has 0 radical (unpaired) electrons. The van der Waals surface area contributed by atoms with E-state index in [0.717, 1.165) is 25.9 Å². The number of benzene rings is 1. The summed E-state index contributed by atoms with van der Waals surface area (Å²) in [6.07, 6.45) is 3.29. The third-order valence-corrected chi connectivity index (χ3v) is 4.73. The Hall–Kier alpha value is -0.774. The molecule has 0 atom stereocenters. The fourth-order valence-corrected chi connectivity index (χ4v) is 3.31. The summed E-state index contributed by atoms with van der Waals surface area (Å²) in [5.41, 5.74) is 0.159. The van der Waals surface area contributed by atoms with Crippen molar-refractivity contribution >= 4 is 73.9 Å². The van der Waals surface area contributed by atoms with Crippen LogP contribution in [0.15, 0.2) is 23.1 Å². The molecule has 0 spiro atoms. The minimum atomic E-state index is -1.28. The van der Waals surface area contributed by atoms with E-state index in [1.54, 1.807) is 6.07 Å². The summed E-state index contributed by atoms with van der Waals surface area (Å²) in [6, 6.07) is 3.08. The molecule has 2 aromatic rings. The quantitative estimate of drug-likeness (QED) is 0.786. The van der Waals surface area contributed by atoms with Gasteiger partial charge in [-0.15, -0.1) is 0 Å². The van der Waals surface area contributed by atoms with Crippen molar-refractivity contribution in [1.82, 2.24) is 9.88 Å². The Morgan fingerprint density at radius 1 is 1.24 bits per heavy atom. The number of fused-ring (bicyclic) bond motifs is 1. The summed E-state index contributed by atoms with van der Waals surface area (Å²) < 4.78 is 16.4. The van der Waals surface area contributed by atoms with Crippen LogP contribution in [-0.4, -0.2) is 93.2 Å². The van der Waals surface area contributed by atoms with E-state index >= 15 is 0 Å². The number of nitrogens with zero attached hydrogens (tertiary/aromatic N) is 2. The molecule has 0 amide bonds. The van der Waals surface area contributed by atoms with Gasteiger partial charge in [-0.2, -0.15) is 0 Å². The van der Waals surface area contributed by atoms with E-state index in [4.69, 9.17) is 0 Å². The van der Waals surface area contributed by atoms with Crippen LogP contribution in [-0.2, 0) is 0 Å². The number of pyridine rings is 1. The standard InChI is InChI=1S/C17H18FN3O3.K.H/c18-13-7-11-14(8-15(13)20-5-3-19-4-6-20)21(10-1-2-10)9-12(16(11)22)17(23)24;;/h7-10,19H,1-6H2,(H,23,24);;. The number of aromatic carboxylic acids is 1. The van der Waals surface area contributed by atoms with Crippen molar-refractivity contribution in [3.8, 4) is 0 Å². The Bertz CT molecular complexity index is 889. The van der Waals surface area contributed by atoms with E-state index in [9.17, 15) is 19.1 Å². The molecule has 2 fully saturated rings. The fourth-order valence-electron chi connectivity index (χ4n) is 3.31. The number of aromatic nitrogens is 1. The molecule has 1 aliphatic carbocycles. The number of rotatable bonds is 3.